The first-order chi connectivity index (χ1) is 9.54. The number of aromatic nitrogens is 3. The van der Waals surface area contributed by atoms with Gasteiger partial charge in [-0.05, 0) is 44.2 Å². The second kappa shape index (κ2) is 5.33. The van der Waals surface area contributed by atoms with Crippen LogP contribution < -0.4 is 10.2 Å². The lowest BCUT2D eigenvalue weighted by Gasteiger charge is -2.29. The van der Waals surface area contributed by atoms with Gasteiger partial charge in [0.2, 0.25) is 17.2 Å². The van der Waals surface area contributed by atoms with Crippen molar-refractivity contribution in [3.05, 3.63) is 5.28 Å². The standard InChI is InChI=1S/C13H20ClN5O/c1-13(2,9-3-4-9)18-11-15-10(14)16-12(17-11)19-5-7-20-8-6-19/h9H,3-8H2,1-2H3,(H,15,16,17,18). The average Bonchev–Trinajstić information content (AvgIpc) is 3.23. The molecule has 7 heteroatoms. The van der Waals surface area contributed by atoms with Gasteiger partial charge in [0.15, 0.2) is 0 Å². The van der Waals surface area contributed by atoms with E-state index in [0.717, 1.165) is 13.1 Å². The van der Waals surface area contributed by atoms with Crippen molar-refractivity contribution in [1.29, 1.82) is 0 Å². The Balaban J connectivity index is 1.78. The number of hydrogen-bond donors (Lipinski definition) is 1. The fourth-order valence-electron chi connectivity index (χ4n) is 2.50. The molecular formula is C13H20ClN5O. The summed E-state index contributed by atoms with van der Waals surface area (Å²) in [4.78, 5) is 15.0. The molecule has 1 N–H and O–H groups in total. The van der Waals surface area contributed by atoms with Crippen molar-refractivity contribution >= 4 is 23.5 Å². The number of nitrogens with zero attached hydrogens (tertiary/aromatic N) is 4. The van der Waals surface area contributed by atoms with Crippen LogP contribution in [0.1, 0.15) is 26.7 Å². The molecule has 0 amide bonds. The largest absolute Gasteiger partial charge is 0.378 e. The Morgan fingerprint density at radius 1 is 1.20 bits per heavy atom. The zero-order valence-electron chi connectivity index (χ0n) is 11.9. The van der Waals surface area contributed by atoms with E-state index in [-0.39, 0.29) is 10.8 Å². The van der Waals surface area contributed by atoms with Crippen molar-refractivity contribution in [2.45, 2.75) is 32.2 Å². The lowest BCUT2D eigenvalue weighted by molar-refractivity contribution is 0.122. The van der Waals surface area contributed by atoms with Crippen LogP contribution in [0.3, 0.4) is 0 Å². The molecule has 1 aromatic rings. The molecule has 6 nitrogen and oxygen atoms in total. The Morgan fingerprint density at radius 2 is 1.90 bits per heavy atom. The quantitative estimate of drug-likeness (QED) is 0.916. The van der Waals surface area contributed by atoms with Gasteiger partial charge in [-0.2, -0.15) is 15.0 Å². The van der Waals surface area contributed by atoms with Crippen LogP contribution in [0.15, 0.2) is 0 Å². The predicted octanol–water partition coefficient (Wildman–Crippen LogP) is 1.96. The summed E-state index contributed by atoms with van der Waals surface area (Å²) >= 11 is 6.03. The van der Waals surface area contributed by atoms with Gasteiger partial charge in [0.05, 0.1) is 13.2 Å². The third-order valence-electron chi connectivity index (χ3n) is 3.92. The number of halogens is 1. The molecule has 1 aromatic heterocycles. The van der Waals surface area contributed by atoms with E-state index >= 15 is 0 Å². The molecule has 1 saturated heterocycles. The monoisotopic (exact) mass is 297 g/mol. The Morgan fingerprint density at radius 3 is 2.55 bits per heavy atom. The van der Waals surface area contributed by atoms with E-state index in [1.807, 2.05) is 0 Å². The minimum absolute atomic E-state index is 0.00698. The van der Waals surface area contributed by atoms with Crippen molar-refractivity contribution in [3.8, 4) is 0 Å². The number of anilines is 2. The maximum absolute atomic E-state index is 6.03. The molecule has 0 bridgehead atoms. The van der Waals surface area contributed by atoms with Crippen LogP contribution in [0, 0.1) is 5.92 Å². The normalized spacial score (nSPS) is 20.1. The first-order valence-electron chi connectivity index (χ1n) is 7.07. The molecule has 1 aliphatic heterocycles. The smallest absolute Gasteiger partial charge is 0.231 e. The fourth-order valence-corrected chi connectivity index (χ4v) is 2.65. The Bertz CT molecular complexity index is 486. The number of nitrogens with one attached hydrogen (secondary N) is 1. The highest BCUT2D eigenvalue weighted by Gasteiger charge is 2.38. The Hall–Kier alpha value is -1.14. The summed E-state index contributed by atoms with van der Waals surface area (Å²) in [7, 11) is 0. The third kappa shape index (κ3) is 3.12. The summed E-state index contributed by atoms with van der Waals surface area (Å²) in [5.41, 5.74) is -0.00698. The lowest BCUT2D eigenvalue weighted by atomic mass is 9.99. The first kappa shape index (κ1) is 13.8. The molecule has 2 fully saturated rings. The number of morpholine rings is 1. The molecule has 1 saturated carbocycles. The third-order valence-corrected chi connectivity index (χ3v) is 4.09. The SMILES string of the molecule is CC(C)(Nc1nc(Cl)nc(N2CCOCC2)n1)C1CC1. The number of hydrogen-bond acceptors (Lipinski definition) is 6. The molecule has 1 aliphatic carbocycles. The molecular weight excluding hydrogens is 278 g/mol. The highest BCUT2D eigenvalue weighted by Crippen LogP contribution is 2.40. The van der Waals surface area contributed by atoms with Crippen molar-refractivity contribution in [1.82, 2.24) is 15.0 Å². The summed E-state index contributed by atoms with van der Waals surface area (Å²) in [5.74, 6) is 1.87. The fraction of sp³-hybridized carbons (Fsp3) is 0.769. The molecule has 0 radical (unpaired) electrons. The summed E-state index contributed by atoms with van der Waals surface area (Å²) in [6.07, 6.45) is 2.52. The zero-order valence-corrected chi connectivity index (χ0v) is 12.7. The molecule has 2 aliphatic rings. The Labute approximate surface area is 123 Å². The molecule has 0 spiro atoms. The van der Waals surface area contributed by atoms with Crippen molar-refractivity contribution in [2.24, 2.45) is 5.92 Å². The van der Waals surface area contributed by atoms with E-state index in [0.29, 0.717) is 31.0 Å². The van der Waals surface area contributed by atoms with Gasteiger partial charge in [0.25, 0.3) is 0 Å². The van der Waals surface area contributed by atoms with Crippen molar-refractivity contribution < 1.29 is 4.74 Å². The molecule has 20 heavy (non-hydrogen) atoms. The maximum Gasteiger partial charge on any atom is 0.231 e. The van der Waals surface area contributed by atoms with E-state index in [2.05, 4.69) is 39.0 Å². The minimum Gasteiger partial charge on any atom is -0.378 e. The average molecular weight is 298 g/mol. The van der Waals surface area contributed by atoms with Gasteiger partial charge in [-0.1, -0.05) is 0 Å². The predicted molar refractivity (Wildman–Crippen MR) is 78.3 cm³/mol. The van der Waals surface area contributed by atoms with Gasteiger partial charge in [0, 0.05) is 18.6 Å². The van der Waals surface area contributed by atoms with E-state index in [1.54, 1.807) is 0 Å². The summed E-state index contributed by atoms with van der Waals surface area (Å²) in [6, 6.07) is 0. The van der Waals surface area contributed by atoms with Crippen LogP contribution in [0.2, 0.25) is 5.28 Å². The van der Waals surface area contributed by atoms with Gasteiger partial charge < -0.3 is 15.0 Å². The van der Waals surface area contributed by atoms with Gasteiger partial charge in [-0.15, -0.1) is 0 Å². The maximum atomic E-state index is 6.03. The van der Waals surface area contributed by atoms with Crippen LogP contribution in [0.5, 0.6) is 0 Å². The van der Waals surface area contributed by atoms with Gasteiger partial charge >= 0.3 is 0 Å². The van der Waals surface area contributed by atoms with E-state index in [1.165, 1.54) is 12.8 Å². The topological polar surface area (TPSA) is 63.2 Å². The van der Waals surface area contributed by atoms with Crippen LogP contribution in [0.25, 0.3) is 0 Å². The number of rotatable bonds is 4. The minimum atomic E-state index is -0.00698. The van der Waals surface area contributed by atoms with E-state index in [4.69, 9.17) is 16.3 Å². The second-order valence-corrected chi connectivity index (χ2v) is 6.29. The number of ether oxygens (including phenoxy) is 1. The first-order valence-corrected chi connectivity index (χ1v) is 7.45. The summed E-state index contributed by atoms with van der Waals surface area (Å²) in [5, 5.41) is 3.63. The van der Waals surface area contributed by atoms with Crippen LogP contribution in [-0.4, -0.2) is 46.8 Å². The molecule has 2 heterocycles. The second-order valence-electron chi connectivity index (χ2n) is 5.95. The molecule has 110 valence electrons. The highest BCUT2D eigenvalue weighted by atomic mass is 35.5. The molecule has 0 aromatic carbocycles. The Kier molecular flexibility index (Phi) is 3.69. The van der Waals surface area contributed by atoms with Crippen molar-refractivity contribution in [2.75, 3.05) is 36.5 Å². The van der Waals surface area contributed by atoms with Gasteiger partial charge in [0.1, 0.15) is 0 Å². The lowest BCUT2D eigenvalue weighted by Crippen LogP contribution is -2.38. The van der Waals surface area contributed by atoms with Crippen molar-refractivity contribution in [3.63, 3.8) is 0 Å². The zero-order chi connectivity index (χ0) is 14.2. The molecule has 0 unspecified atom stereocenters. The highest BCUT2D eigenvalue weighted by molar-refractivity contribution is 6.28. The summed E-state index contributed by atoms with van der Waals surface area (Å²) in [6.45, 7) is 7.31. The van der Waals surface area contributed by atoms with Crippen LogP contribution >= 0.6 is 11.6 Å². The van der Waals surface area contributed by atoms with Crippen LogP contribution in [-0.2, 0) is 4.74 Å². The summed E-state index contributed by atoms with van der Waals surface area (Å²) < 4.78 is 5.34. The van der Waals surface area contributed by atoms with Gasteiger partial charge in [-0.25, -0.2) is 0 Å². The van der Waals surface area contributed by atoms with Crippen LogP contribution in [0.4, 0.5) is 11.9 Å². The van der Waals surface area contributed by atoms with E-state index < -0.39 is 0 Å². The van der Waals surface area contributed by atoms with Gasteiger partial charge in [-0.3, -0.25) is 0 Å². The molecule has 0 atom stereocenters. The van der Waals surface area contributed by atoms with E-state index in [9.17, 15) is 0 Å². The molecule has 3 rings (SSSR count).